The number of aromatic nitrogens is 2. The summed E-state index contributed by atoms with van der Waals surface area (Å²) < 4.78 is 6.77. The van der Waals surface area contributed by atoms with E-state index in [0.717, 1.165) is 11.1 Å². The van der Waals surface area contributed by atoms with Crippen LogP contribution in [0.15, 0.2) is 42.7 Å². The maximum atomic E-state index is 11.9. The summed E-state index contributed by atoms with van der Waals surface area (Å²) in [5.41, 5.74) is 1.93. The molecule has 0 saturated carbocycles. The van der Waals surface area contributed by atoms with Gasteiger partial charge in [0.1, 0.15) is 6.04 Å². The number of nitrogens with zero attached hydrogens (tertiary/aromatic N) is 2. The number of benzene rings is 1. The third-order valence-electron chi connectivity index (χ3n) is 3.26. The molecule has 0 aliphatic rings. The highest BCUT2D eigenvalue weighted by molar-refractivity contribution is 5.77. The van der Waals surface area contributed by atoms with Crippen LogP contribution in [-0.4, -0.2) is 22.9 Å². The van der Waals surface area contributed by atoms with Crippen LogP contribution in [0.2, 0.25) is 0 Å². The fourth-order valence-electron chi connectivity index (χ4n) is 2.07. The molecule has 0 radical (unpaired) electrons. The fraction of sp³-hybridized carbons (Fsp3) is 0.375. The number of carbonyl (C=O) groups is 1. The van der Waals surface area contributed by atoms with Crippen molar-refractivity contribution in [3.63, 3.8) is 0 Å². The van der Waals surface area contributed by atoms with Gasteiger partial charge in [0.25, 0.3) is 0 Å². The zero-order valence-electron chi connectivity index (χ0n) is 12.6. The van der Waals surface area contributed by atoms with Gasteiger partial charge in [-0.3, -0.25) is 10.00 Å². The standard InChI is InChI=1S/C16H21N3O2/c1-12(2)19-11-13(10-18-19)9-17-15(16(20)21-3)14-7-5-4-6-8-14/h4-8,10-12,15,17H,9H2,1-3H3. The first-order valence-corrected chi connectivity index (χ1v) is 7.01. The number of rotatable bonds is 6. The lowest BCUT2D eigenvalue weighted by Gasteiger charge is -2.16. The maximum Gasteiger partial charge on any atom is 0.327 e. The largest absolute Gasteiger partial charge is 0.468 e. The van der Waals surface area contributed by atoms with Crippen molar-refractivity contribution >= 4 is 5.97 Å². The van der Waals surface area contributed by atoms with E-state index in [4.69, 9.17) is 4.74 Å². The molecule has 2 aromatic rings. The Bertz CT molecular complexity index is 578. The van der Waals surface area contributed by atoms with Crippen molar-refractivity contribution in [3.8, 4) is 0 Å². The average Bonchev–Trinajstić information content (AvgIpc) is 2.97. The SMILES string of the molecule is COC(=O)C(NCc1cnn(C(C)C)c1)c1ccccc1. The molecular weight excluding hydrogens is 266 g/mol. The molecule has 5 nitrogen and oxygen atoms in total. The molecule has 112 valence electrons. The first-order chi connectivity index (χ1) is 10.1. The molecule has 1 unspecified atom stereocenters. The van der Waals surface area contributed by atoms with Crippen molar-refractivity contribution in [2.24, 2.45) is 0 Å². The summed E-state index contributed by atoms with van der Waals surface area (Å²) in [4.78, 5) is 11.9. The summed E-state index contributed by atoms with van der Waals surface area (Å²) in [5, 5.41) is 7.52. The Morgan fingerprint density at radius 3 is 2.62 bits per heavy atom. The molecule has 1 atom stereocenters. The van der Waals surface area contributed by atoms with Gasteiger partial charge >= 0.3 is 5.97 Å². The van der Waals surface area contributed by atoms with E-state index >= 15 is 0 Å². The van der Waals surface area contributed by atoms with Gasteiger partial charge in [0.15, 0.2) is 0 Å². The molecule has 1 heterocycles. The highest BCUT2D eigenvalue weighted by Gasteiger charge is 2.20. The lowest BCUT2D eigenvalue weighted by molar-refractivity contribution is -0.143. The Balaban J connectivity index is 2.07. The van der Waals surface area contributed by atoms with E-state index in [0.29, 0.717) is 12.6 Å². The number of hydrogen-bond acceptors (Lipinski definition) is 4. The summed E-state index contributed by atoms with van der Waals surface area (Å²) in [5.74, 6) is -0.294. The van der Waals surface area contributed by atoms with Crippen molar-refractivity contribution < 1.29 is 9.53 Å². The third kappa shape index (κ3) is 3.92. The highest BCUT2D eigenvalue weighted by atomic mass is 16.5. The van der Waals surface area contributed by atoms with Gasteiger partial charge in [0.2, 0.25) is 0 Å². The Hall–Kier alpha value is -2.14. The van der Waals surface area contributed by atoms with Gasteiger partial charge in [0.05, 0.1) is 13.3 Å². The van der Waals surface area contributed by atoms with Gasteiger partial charge in [-0.2, -0.15) is 5.10 Å². The van der Waals surface area contributed by atoms with Crippen molar-refractivity contribution in [1.29, 1.82) is 0 Å². The van der Waals surface area contributed by atoms with Gasteiger partial charge in [-0.05, 0) is 19.4 Å². The van der Waals surface area contributed by atoms with Crippen LogP contribution in [0, 0.1) is 0 Å². The quantitative estimate of drug-likeness (QED) is 0.829. The number of hydrogen-bond donors (Lipinski definition) is 1. The van der Waals surface area contributed by atoms with Crippen LogP contribution in [0.3, 0.4) is 0 Å². The Kier molecular flexibility index (Phi) is 5.11. The van der Waals surface area contributed by atoms with Crippen LogP contribution in [0.1, 0.15) is 37.1 Å². The topological polar surface area (TPSA) is 56.1 Å². The number of methoxy groups -OCH3 is 1. The molecule has 21 heavy (non-hydrogen) atoms. The fourth-order valence-corrected chi connectivity index (χ4v) is 2.07. The number of esters is 1. The maximum absolute atomic E-state index is 11.9. The summed E-state index contributed by atoms with van der Waals surface area (Å²) in [6.07, 6.45) is 3.79. The number of nitrogens with one attached hydrogen (secondary N) is 1. The van der Waals surface area contributed by atoms with Crippen LogP contribution >= 0.6 is 0 Å². The Morgan fingerprint density at radius 2 is 2.05 bits per heavy atom. The molecule has 0 fully saturated rings. The molecule has 0 aliphatic carbocycles. The minimum Gasteiger partial charge on any atom is -0.468 e. The first kappa shape index (κ1) is 15.3. The van der Waals surface area contributed by atoms with Crippen molar-refractivity contribution in [3.05, 3.63) is 53.9 Å². The summed E-state index contributed by atoms with van der Waals surface area (Å²) in [7, 11) is 1.40. The minimum absolute atomic E-state index is 0.294. The zero-order chi connectivity index (χ0) is 15.2. The molecule has 0 saturated heterocycles. The van der Waals surface area contributed by atoms with E-state index in [2.05, 4.69) is 24.3 Å². The van der Waals surface area contributed by atoms with Gasteiger partial charge in [-0.1, -0.05) is 30.3 Å². The van der Waals surface area contributed by atoms with Crippen molar-refractivity contribution in [1.82, 2.24) is 15.1 Å². The third-order valence-corrected chi connectivity index (χ3v) is 3.26. The van der Waals surface area contributed by atoms with Crippen molar-refractivity contribution in [2.75, 3.05) is 7.11 Å². The summed E-state index contributed by atoms with van der Waals surface area (Å²) in [6, 6.07) is 9.40. The number of ether oxygens (including phenoxy) is 1. The van der Waals surface area contributed by atoms with Gasteiger partial charge < -0.3 is 4.74 Å². The second-order valence-corrected chi connectivity index (χ2v) is 5.17. The van der Waals surface area contributed by atoms with Gasteiger partial charge in [-0.25, -0.2) is 4.79 Å². The molecular formula is C16H21N3O2. The lowest BCUT2D eigenvalue weighted by atomic mass is 10.1. The smallest absolute Gasteiger partial charge is 0.327 e. The molecule has 1 N–H and O–H groups in total. The highest BCUT2D eigenvalue weighted by Crippen LogP contribution is 2.15. The van der Waals surface area contributed by atoms with E-state index in [1.54, 1.807) is 0 Å². The van der Waals surface area contributed by atoms with Gasteiger partial charge in [-0.15, -0.1) is 0 Å². The molecule has 0 aliphatic heterocycles. The minimum atomic E-state index is -0.474. The van der Waals surface area contributed by atoms with Gasteiger partial charge in [0, 0.05) is 24.3 Å². The van der Waals surface area contributed by atoms with E-state index in [1.165, 1.54) is 7.11 Å². The van der Waals surface area contributed by atoms with Crippen molar-refractivity contribution in [2.45, 2.75) is 32.5 Å². The van der Waals surface area contributed by atoms with E-state index in [-0.39, 0.29) is 5.97 Å². The summed E-state index contributed by atoms with van der Waals surface area (Å²) in [6.45, 7) is 4.71. The molecule has 1 aromatic heterocycles. The molecule has 0 spiro atoms. The van der Waals surface area contributed by atoms with Crippen LogP contribution in [0.25, 0.3) is 0 Å². The summed E-state index contributed by atoms with van der Waals surface area (Å²) >= 11 is 0. The molecule has 1 aromatic carbocycles. The predicted molar refractivity (Wildman–Crippen MR) is 80.7 cm³/mol. The Morgan fingerprint density at radius 1 is 1.33 bits per heavy atom. The lowest BCUT2D eigenvalue weighted by Crippen LogP contribution is -2.29. The second-order valence-electron chi connectivity index (χ2n) is 5.17. The molecule has 5 heteroatoms. The monoisotopic (exact) mass is 287 g/mol. The number of carbonyl (C=O) groups excluding carboxylic acids is 1. The van der Waals surface area contributed by atoms with E-state index < -0.39 is 6.04 Å². The second kappa shape index (κ2) is 7.04. The molecule has 0 bridgehead atoms. The average molecular weight is 287 g/mol. The zero-order valence-corrected chi connectivity index (χ0v) is 12.6. The van der Waals surface area contributed by atoms with E-state index in [1.807, 2.05) is 47.4 Å². The molecule has 0 amide bonds. The normalized spacial score (nSPS) is 12.4. The Labute approximate surface area is 124 Å². The molecule has 2 rings (SSSR count). The predicted octanol–water partition coefficient (Wildman–Crippen LogP) is 2.47. The van der Waals surface area contributed by atoms with E-state index in [9.17, 15) is 4.79 Å². The van der Waals surface area contributed by atoms with Crippen LogP contribution < -0.4 is 5.32 Å². The first-order valence-electron chi connectivity index (χ1n) is 7.01. The van der Waals surface area contributed by atoms with Crippen LogP contribution in [-0.2, 0) is 16.1 Å². The van der Waals surface area contributed by atoms with Crippen LogP contribution in [0.4, 0.5) is 0 Å². The van der Waals surface area contributed by atoms with Crippen LogP contribution in [0.5, 0.6) is 0 Å².